The number of aliphatic hydroxyl groups is 1. The first-order valence-electron chi connectivity index (χ1n) is 10.9. The van der Waals surface area contributed by atoms with Crippen molar-refractivity contribution in [3.05, 3.63) is 118 Å². The molecule has 1 aliphatic rings. The molecule has 3 heterocycles. The van der Waals surface area contributed by atoms with Gasteiger partial charge in [-0.1, -0.05) is 58.4 Å². The highest BCUT2D eigenvalue weighted by atomic mass is 79.9. The molecule has 1 unspecified atom stereocenters. The Balaban J connectivity index is 1.54. The van der Waals surface area contributed by atoms with Crippen molar-refractivity contribution in [1.82, 2.24) is 4.98 Å². The fourth-order valence-electron chi connectivity index (χ4n) is 4.58. The Morgan fingerprint density at radius 3 is 2.57 bits per heavy atom. The predicted octanol–water partition coefficient (Wildman–Crippen LogP) is 6.53. The quantitative estimate of drug-likeness (QED) is 0.270. The summed E-state index contributed by atoms with van der Waals surface area (Å²) in [5.41, 5.74) is 1.49. The molecule has 3 aromatic carbocycles. The monoisotopic (exact) mass is 524 g/mol. The van der Waals surface area contributed by atoms with Gasteiger partial charge >= 0.3 is 0 Å². The maximum atomic E-state index is 13.8. The lowest BCUT2D eigenvalue weighted by molar-refractivity contribution is -0.117. The van der Waals surface area contributed by atoms with Gasteiger partial charge in [0, 0.05) is 21.4 Å². The second-order valence-corrected chi connectivity index (χ2v) is 9.13. The summed E-state index contributed by atoms with van der Waals surface area (Å²) in [7, 11) is 0. The zero-order chi connectivity index (χ0) is 24.1. The molecule has 35 heavy (non-hydrogen) atoms. The second kappa shape index (κ2) is 8.21. The lowest BCUT2D eigenvalue weighted by Gasteiger charge is -2.27. The maximum Gasteiger partial charge on any atom is 0.294 e. The third kappa shape index (κ3) is 3.43. The number of carbonyl (C=O) groups excluding carboxylic acids is 2. The molecule has 6 rings (SSSR count). The first-order chi connectivity index (χ1) is 17.0. The number of Topliss-reactive ketones (excluding diaryl/α,β-unsaturated/α-hetero) is 1. The number of hydrogen-bond acceptors (Lipinski definition) is 5. The van der Waals surface area contributed by atoms with E-state index >= 15 is 0 Å². The Bertz CT molecular complexity index is 1670. The first-order valence-corrected chi connectivity index (χ1v) is 11.7. The van der Waals surface area contributed by atoms with Crippen LogP contribution in [0.25, 0.3) is 21.7 Å². The number of rotatable bonds is 4. The molecule has 5 aromatic rings. The van der Waals surface area contributed by atoms with Gasteiger partial charge in [0.15, 0.2) is 11.5 Å². The molecule has 1 atom stereocenters. The topological polar surface area (TPSA) is 83.6 Å². The van der Waals surface area contributed by atoms with Crippen molar-refractivity contribution in [3.63, 3.8) is 0 Å². The van der Waals surface area contributed by atoms with Gasteiger partial charge in [0.05, 0.1) is 17.0 Å². The number of carbonyl (C=O) groups is 2. The van der Waals surface area contributed by atoms with Crippen LogP contribution in [0.15, 0.2) is 111 Å². The molecule has 0 fully saturated rings. The van der Waals surface area contributed by atoms with Crippen LogP contribution in [0.4, 0.5) is 5.69 Å². The van der Waals surface area contributed by atoms with Crippen LogP contribution in [0.3, 0.4) is 0 Å². The first kappa shape index (κ1) is 21.3. The van der Waals surface area contributed by atoms with E-state index in [-0.39, 0.29) is 11.3 Å². The van der Waals surface area contributed by atoms with Gasteiger partial charge in [-0.15, -0.1) is 0 Å². The van der Waals surface area contributed by atoms with Crippen molar-refractivity contribution >= 4 is 55.0 Å². The van der Waals surface area contributed by atoms with Crippen LogP contribution in [-0.2, 0) is 4.79 Å². The smallest absolute Gasteiger partial charge is 0.294 e. The molecule has 2 aromatic heterocycles. The van der Waals surface area contributed by atoms with Crippen molar-refractivity contribution in [1.29, 1.82) is 0 Å². The molecule has 0 bridgehead atoms. The Labute approximate surface area is 208 Å². The number of aliphatic hydroxyl groups excluding tert-OH is 1. The summed E-state index contributed by atoms with van der Waals surface area (Å²) in [6.07, 6.45) is 1.59. The average Bonchev–Trinajstić information content (AvgIpc) is 3.42. The van der Waals surface area contributed by atoms with E-state index in [0.717, 1.165) is 20.6 Å². The lowest BCUT2D eigenvalue weighted by Crippen LogP contribution is -2.31. The summed E-state index contributed by atoms with van der Waals surface area (Å²) in [5, 5.41) is 13.5. The lowest BCUT2D eigenvalue weighted by atomic mass is 9.97. The summed E-state index contributed by atoms with van der Waals surface area (Å²) in [4.78, 5) is 33.1. The van der Waals surface area contributed by atoms with Gasteiger partial charge in [0.1, 0.15) is 11.6 Å². The van der Waals surface area contributed by atoms with E-state index in [1.807, 2.05) is 48.5 Å². The summed E-state index contributed by atoms with van der Waals surface area (Å²) < 4.78 is 6.65. The fourth-order valence-corrected chi connectivity index (χ4v) is 4.96. The van der Waals surface area contributed by atoms with Crippen molar-refractivity contribution in [2.24, 2.45) is 0 Å². The number of halogens is 1. The minimum atomic E-state index is -0.929. The molecule has 0 radical (unpaired) electrons. The summed E-state index contributed by atoms with van der Waals surface area (Å²) in [6, 6.07) is 24.6. The molecule has 6 nitrogen and oxygen atoms in total. The van der Waals surface area contributed by atoms with Crippen molar-refractivity contribution in [2.45, 2.75) is 6.04 Å². The van der Waals surface area contributed by atoms with Crippen LogP contribution >= 0.6 is 15.9 Å². The van der Waals surface area contributed by atoms with Gasteiger partial charge in [-0.25, -0.2) is 0 Å². The van der Waals surface area contributed by atoms with Crippen LogP contribution in [0.5, 0.6) is 0 Å². The highest BCUT2D eigenvalue weighted by Gasteiger charge is 2.46. The molecule has 0 saturated carbocycles. The molecule has 170 valence electrons. The number of pyridine rings is 1. The number of anilines is 1. The second-order valence-electron chi connectivity index (χ2n) is 8.21. The van der Waals surface area contributed by atoms with Crippen molar-refractivity contribution in [2.75, 3.05) is 4.90 Å². The zero-order valence-electron chi connectivity index (χ0n) is 18.2. The minimum absolute atomic E-state index is 0.0353. The van der Waals surface area contributed by atoms with Gasteiger partial charge in [0.2, 0.25) is 5.78 Å². The normalized spacial score (nSPS) is 16.0. The summed E-state index contributed by atoms with van der Waals surface area (Å²) >= 11 is 3.42. The van der Waals surface area contributed by atoms with Crippen molar-refractivity contribution in [3.8, 4) is 0 Å². The predicted molar refractivity (Wildman–Crippen MR) is 136 cm³/mol. The number of nitrogens with zero attached hydrogens (tertiary/aromatic N) is 2. The van der Waals surface area contributed by atoms with E-state index in [1.54, 1.807) is 42.6 Å². The van der Waals surface area contributed by atoms with Gasteiger partial charge in [-0.3, -0.25) is 19.5 Å². The highest BCUT2D eigenvalue weighted by molar-refractivity contribution is 9.10. The number of fused-ring (bicyclic) bond motifs is 2. The van der Waals surface area contributed by atoms with E-state index < -0.39 is 23.5 Å². The number of ketones is 1. The third-order valence-electron chi connectivity index (χ3n) is 6.15. The largest absolute Gasteiger partial charge is 0.503 e. The van der Waals surface area contributed by atoms with Crippen LogP contribution in [-0.4, -0.2) is 21.8 Å². The van der Waals surface area contributed by atoms with Gasteiger partial charge in [0.25, 0.3) is 5.91 Å². The number of benzene rings is 3. The number of hydrogen-bond donors (Lipinski definition) is 1. The summed E-state index contributed by atoms with van der Waals surface area (Å²) in [5.74, 6) is -1.81. The minimum Gasteiger partial charge on any atom is -0.503 e. The Morgan fingerprint density at radius 2 is 1.74 bits per heavy atom. The molecule has 7 heteroatoms. The van der Waals surface area contributed by atoms with Gasteiger partial charge in [-0.05, 0) is 47.9 Å². The van der Waals surface area contributed by atoms with E-state index in [4.69, 9.17) is 4.42 Å². The molecule has 0 spiro atoms. The molecular formula is C28H17BrN2O4. The highest BCUT2D eigenvalue weighted by Crippen LogP contribution is 2.43. The summed E-state index contributed by atoms with van der Waals surface area (Å²) in [6.45, 7) is 0. The van der Waals surface area contributed by atoms with Crippen LogP contribution in [0.1, 0.15) is 22.3 Å². The molecule has 0 saturated heterocycles. The Morgan fingerprint density at radius 1 is 0.943 bits per heavy atom. The van der Waals surface area contributed by atoms with Gasteiger partial charge < -0.3 is 9.52 Å². The van der Waals surface area contributed by atoms with E-state index in [9.17, 15) is 14.7 Å². The molecule has 1 amide bonds. The molecule has 0 aliphatic carbocycles. The van der Waals surface area contributed by atoms with E-state index in [2.05, 4.69) is 20.9 Å². The Hall–Kier alpha value is -4.23. The number of amides is 1. The van der Waals surface area contributed by atoms with E-state index in [1.165, 1.54) is 4.90 Å². The zero-order valence-corrected chi connectivity index (χ0v) is 19.8. The van der Waals surface area contributed by atoms with Crippen LogP contribution in [0, 0.1) is 0 Å². The number of furan rings is 1. The maximum absolute atomic E-state index is 13.8. The fraction of sp³-hybridized carbons (Fsp3) is 0.0357. The van der Waals surface area contributed by atoms with E-state index in [0.29, 0.717) is 17.0 Å². The molecular weight excluding hydrogens is 508 g/mol. The van der Waals surface area contributed by atoms with Gasteiger partial charge in [-0.2, -0.15) is 0 Å². The number of aromatic nitrogens is 1. The van der Waals surface area contributed by atoms with Crippen molar-refractivity contribution < 1.29 is 19.1 Å². The standard InChI is InChI=1S/C28H17BrN2O4/c29-18-11-12-22-17(14-18)15-23(35-22)26(32)24-25(20-9-3-4-13-30-20)31(28(34)27(24)33)21-10-5-7-16-6-1-2-8-19(16)21/h1-15,25,33H. The van der Waals surface area contributed by atoms with Crippen LogP contribution in [0.2, 0.25) is 0 Å². The van der Waals surface area contributed by atoms with Crippen LogP contribution < -0.4 is 4.90 Å². The SMILES string of the molecule is O=C(C1=C(O)C(=O)N(c2cccc3ccccc23)C1c1ccccn1)c1cc2cc(Br)ccc2o1. The molecule has 1 aliphatic heterocycles. The third-order valence-corrected chi connectivity index (χ3v) is 6.64. The molecule has 1 N–H and O–H groups in total. The average molecular weight is 525 g/mol. The Kier molecular flexibility index (Phi) is 5.00.